The average Bonchev–Trinajstić information content (AvgIpc) is 2.30. The maximum atomic E-state index is 11.8. The van der Waals surface area contributed by atoms with Gasteiger partial charge in [0, 0.05) is 15.7 Å². The van der Waals surface area contributed by atoms with Gasteiger partial charge in [0.05, 0.1) is 0 Å². The molecule has 0 heterocycles. The highest BCUT2D eigenvalue weighted by atomic mass is 127. The van der Waals surface area contributed by atoms with Gasteiger partial charge in [0.1, 0.15) is 0 Å². The average molecular weight is 362 g/mol. The van der Waals surface area contributed by atoms with E-state index in [4.69, 9.17) is 12.2 Å². The quantitative estimate of drug-likeness (QED) is 0.642. The number of thiocarbonyl (C=S) groups is 1. The fourth-order valence-corrected chi connectivity index (χ4v) is 1.90. The SMILES string of the molecule is CCCNC(=S)NC(=O)c1ccc(C)c(I)c1. The number of rotatable bonds is 3. The van der Waals surface area contributed by atoms with E-state index in [1.165, 1.54) is 0 Å². The molecule has 1 aromatic carbocycles. The summed E-state index contributed by atoms with van der Waals surface area (Å²) in [7, 11) is 0. The van der Waals surface area contributed by atoms with Crippen molar-refractivity contribution in [3.05, 3.63) is 32.9 Å². The number of aryl methyl sites for hydroxylation is 1. The molecule has 3 nitrogen and oxygen atoms in total. The molecule has 1 amide bonds. The van der Waals surface area contributed by atoms with Gasteiger partial charge in [-0.1, -0.05) is 13.0 Å². The number of amides is 1. The molecule has 17 heavy (non-hydrogen) atoms. The molecule has 0 aromatic heterocycles. The highest BCUT2D eigenvalue weighted by Crippen LogP contribution is 2.13. The fraction of sp³-hybridized carbons (Fsp3) is 0.333. The molecule has 0 aliphatic carbocycles. The van der Waals surface area contributed by atoms with Crippen molar-refractivity contribution in [2.45, 2.75) is 20.3 Å². The number of carbonyl (C=O) groups excluding carboxylic acids is 1. The zero-order valence-electron chi connectivity index (χ0n) is 9.84. The summed E-state index contributed by atoms with van der Waals surface area (Å²) in [5.41, 5.74) is 1.79. The third-order valence-corrected chi connectivity index (χ3v) is 3.61. The minimum atomic E-state index is -0.170. The molecule has 0 saturated heterocycles. The lowest BCUT2D eigenvalue weighted by Crippen LogP contribution is -2.39. The van der Waals surface area contributed by atoms with E-state index in [9.17, 15) is 4.79 Å². The maximum Gasteiger partial charge on any atom is 0.257 e. The van der Waals surface area contributed by atoms with E-state index >= 15 is 0 Å². The summed E-state index contributed by atoms with van der Waals surface area (Å²) in [6.07, 6.45) is 0.971. The molecule has 92 valence electrons. The Balaban J connectivity index is 2.63. The lowest BCUT2D eigenvalue weighted by atomic mass is 10.1. The third-order valence-electron chi connectivity index (χ3n) is 2.20. The number of hydrogen-bond acceptors (Lipinski definition) is 2. The van der Waals surface area contributed by atoms with Gasteiger partial charge >= 0.3 is 0 Å². The summed E-state index contributed by atoms with van der Waals surface area (Å²) in [5, 5.41) is 5.99. The Morgan fingerprint density at radius 2 is 2.18 bits per heavy atom. The van der Waals surface area contributed by atoms with Crippen LogP contribution in [0.25, 0.3) is 0 Å². The van der Waals surface area contributed by atoms with Gasteiger partial charge in [-0.2, -0.15) is 0 Å². The Morgan fingerprint density at radius 1 is 1.47 bits per heavy atom. The minimum Gasteiger partial charge on any atom is -0.362 e. The molecule has 0 atom stereocenters. The van der Waals surface area contributed by atoms with Crippen molar-refractivity contribution in [3.8, 4) is 0 Å². The fourth-order valence-electron chi connectivity index (χ4n) is 1.19. The van der Waals surface area contributed by atoms with Crippen LogP contribution in [0.5, 0.6) is 0 Å². The largest absolute Gasteiger partial charge is 0.362 e. The van der Waals surface area contributed by atoms with Gasteiger partial charge in [0.25, 0.3) is 5.91 Å². The Labute approximate surface area is 121 Å². The van der Waals surface area contributed by atoms with Gasteiger partial charge in [-0.15, -0.1) is 0 Å². The summed E-state index contributed by atoms with van der Waals surface area (Å²) in [4.78, 5) is 11.8. The molecular formula is C12H15IN2OS. The number of carbonyl (C=O) groups is 1. The second kappa shape index (κ2) is 6.90. The van der Waals surface area contributed by atoms with Crippen LogP contribution in [0.1, 0.15) is 29.3 Å². The van der Waals surface area contributed by atoms with Crippen molar-refractivity contribution >= 4 is 45.8 Å². The number of halogens is 1. The van der Waals surface area contributed by atoms with Gasteiger partial charge in [0.15, 0.2) is 5.11 Å². The van der Waals surface area contributed by atoms with Gasteiger partial charge in [-0.25, -0.2) is 0 Å². The monoisotopic (exact) mass is 362 g/mol. The molecule has 0 aliphatic rings. The summed E-state index contributed by atoms with van der Waals surface area (Å²) >= 11 is 7.22. The normalized spacial score (nSPS) is 9.82. The van der Waals surface area contributed by atoms with Crippen LogP contribution in [0.2, 0.25) is 0 Å². The molecule has 1 aromatic rings. The van der Waals surface area contributed by atoms with Crippen LogP contribution in [-0.4, -0.2) is 17.6 Å². The van der Waals surface area contributed by atoms with Crippen molar-refractivity contribution < 1.29 is 4.79 Å². The Morgan fingerprint density at radius 3 is 2.76 bits per heavy atom. The van der Waals surface area contributed by atoms with Gasteiger partial charge in [-0.05, 0) is 65.8 Å². The zero-order valence-corrected chi connectivity index (χ0v) is 12.8. The van der Waals surface area contributed by atoms with E-state index in [2.05, 4.69) is 33.2 Å². The van der Waals surface area contributed by atoms with Crippen LogP contribution in [0.4, 0.5) is 0 Å². The van der Waals surface area contributed by atoms with Crippen molar-refractivity contribution in [2.75, 3.05) is 6.54 Å². The maximum absolute atomic E-state index is 11.8. The van der Waals surface area contributed by atoms with Crippen molar-refractivity contribution in [2.24, 2.45) is 0 Å². The second-order valence-electron chi connectivity index (χ2n) is 3.67. The van der Waals surface area contributed by atoms with Crippen LogP contribution in [-0.2, 0) is 0 Å². The molecule has 0 unspecified atom stereocenters. The zero-order chi connectivity index (χ0) is 12.8. The Hall–Kier alpha value is -0.690. The summed E-state index contributed by atoms with van der Waals surface area (Å²) in [5.74, 6) is -0.170. The molecule has 1 rings (SSSR count). The first-order valence-corrected chi connectivity index (χ1v) is 6.88. The van der Waals surface area contributed by atoms with Gasteiger partial charge in [0.2, 0.25) is 0 Å². The molecule has 2 N–H and O–H groups in total. The topological polar surface area (TPSA) is 41.1 Å². The predicted molar refractivity (Wildman–Crippen MR) is 82.3 cm³/mol. The smallest absolute Gasteiger partial charge is 0.257 e. The lowest BCUT2D eigenvalue weighted by molar-refractivity contribution is 0.0976. The third kappa shape index (κ3) is 4.59. The van der Waals surface area contributed by atoms with Crippen LogP contribution in [0.15, 0.2) is 18.2 Å². The van der Waals surface area contributed by atoms with Gasteiger partial charge < -0.3 is 5.32 Å². The summed E-state index contributed by atoms with van der Waals surface area (Å²) in [6, 6.07) is 5.59. The number of hydrogen-bond donors (Lipinski definition) is 2. The van der Waals surface area contributed by atoms with Crippen molar-refractivity contribution in [1.82, 2.24) is 10.6 Å². The van der Waals surface area contributed by atoms with E-state index in [0.29, 0.717) is 10.7 Å². The predicted octanol–water partition coefficient (Wildman–Crippen LogP) is 2.61. The molecule has 0 spiro atoms. The van der Waals surface area contributed by atoms with Crippen LogP contribution in [0.3, 0.4) is 0 Å². The lowest BCUT2D eigenvalue weighted by Gasteiger charge is -2.09. The number of nitrogens with one attached hydrogen (secondary N) is 2. The van der Waals surface area contributed by atoms with E-state index < -0.39 is 0 Å². The van der Waals surface area contributed by atoms with Crippen molar-refractivity contribution in [1.29, 1.82) is 0 Å². The second-order valence-corrected chi connectivity index (χ2v) is 5.24. The van der Waals surface area contributed by atoms with E-state index in [1.807, 2.05) is 26.0 Å². The highest BCUT2D eigenvalue weighted by Gasteiger charge is 2.08. The van der Waals surface area contributed by atoms with Crippen LogP contribution < -0.4 is 10.6 Å². The van der Waals surface area contributed by atoms with E-state index in [1.54, 1.807) is 6.07 Å². The molecule has 5 heteroatoms. The molecular weight excluding hydrogens is 347 g/mol. The minimum absolute atomic E-state index is 0.170. The van der Waals surface area contributed by atoms with Crippen molar-refractivity contribution in [3.63, 3.8) is 0 Å². The van der Waals surface area contributed by atoms with Crippen LogP contribution >= 0.6 is 34.8 Å². The highest BCUT2D eigenvalue weighted by molar-refractivity contribution is 14.1. The summed E-state index contributed by atoms with van der Waals surface area (Å²) in [6.45, 7) is 4.82. The molecule has 0 aliphatic heterocycles. The Bertz CT molecular complexity index is 435. The van der Waals surface area contributed by atoms with E-state index in [-0.39, 0.29) is 5.91 Å². The first-order chi connectivity index (χ1) is 8.04. The molecule has 0 radical (unpaired) electrons. The Kier molecular flexibility index (Phi) is 5.84. The molecule has 0 saturated carbocycles. The number of benzene rings is 1. The summed E-state index contributed by atoms with van der Waals surface area (Å²) < 4.78 is 1.07. The first kappa shape index (κ1) is 14.4. The standard InChI is InChI=1S/C12H15IN2OS/c1-3-6-14-12(17)15-11(16)9-5-4-8(2)10(13)7-9/h4-5,7H,3,6H2,1-2H3,(H2,14,15,16,17). The van der Waals surface area contributed by atoms with Gasteiger partial charge in [-0.3, -0.25) is 10.1 Å². The molecule has 0 bridgehead atoms. The van der Waals surface area contributed by atoms with Crippen LogP contribution in [0, 0.1) is 10.5 Å². The molecule has 0 fully saturated rings. The first-order valence-electron chi connectivity index (χ1n) is 5.40. The van der Waals surface area contributed by atoms with E-state index in [0.717, 1.165) is 22.1 Å².